The summed E-state index contributed by atoms with van der Waals surface area (Å²) in [5.41, 5.74) is 1.61. The van der Waals surface area contributed by atoms with Crippen LogP contribution >= 0.6 is 22.9 Å². The Kier molecular flexibility index (Phi) is 6.09. The molecule has 26 heavy (non-hydrogen) atoms. The molecule has 0 radical (unpaired) electrons. The second kappa shape index (κ2) is 8.31. The van der Waals surface area contributed by atoms with Gasteiger partial charge < -0.3 is 4.90 Å². The number of benzene rings is 1. The van der Waals surface area contributed by atoms with Gasteiger partial charge in [-0.05, 0) is 38.8 Å². The van der Waals surface area contributed by atoms with E-state index in [4.69, 9.17) is 11.6 Å². The van der Waals surface area contributed by atoms with Gasteiger partial charge in [0.2, 0.25) is 5.91 Å². The molecule has 1 fully saturated rings. The van der Waals surface area contributed by atoms with E-state index in [1.165, 1.54) is 9.88 Å². The van der Waals surface area contributed by atoms with Gasteiger partial charge in [-0.2, -0.15) is 0 Å². The number of rotatable bonds is 5. The number of nitrogens with zero attached hydrogens (tertiary/aromatic N) is 2. The van der Waals surface area contributed by atoms with Crippen molar-refractivity contribution >= 4 is 34.6 Å². The number of amides is 1. The maximum absolute atomic E-state index is 12.4. The van der Waals surface area contributed by atoms with Crippen LogP contribution in [-0.2, 0) is 4.79 Å². The summed E-state index contributed by atoms with van der Waals surface area (Å²) in [6.45, 7) is 5.62. The summed E-state index contributed by atoms with van der Waals surface area (Å²) in [7, 11) is 0. The molecule has 6 heteroatoms. The summed E-state index contributed by atoms with van der Waals surface area (Å²) in [5.74, 6) is 0.420. The number of Topliss-reactive ketones (excluding diaryl/α,β-unsaturated/α-hetero) is 1. The monoisotopic (exact) mass is 390 g/mol. The molecule has 1 saturated heterocycles. The van der Waals surface area contributed by atoms with E-state index >= 15 is 0 Å². The highest BCUT2D eigenvalue weighted by molar-refractivity contribution is 7.11. The maximum atomic E-state index is 12.4. The molecule has 1 aromatic carbocycles. The lowest BCUT2D eigenvalue weighted by Gasteiger charge is -2.31. The number of piperidine rings is 1. The average molecular weight is 391 g/mol. The zero-order valence-electron chi connectivity index (χ0n) is 15.1. The summed E-state index contributed by atoms with van der Waals surface area (Å²) in [6.07, 6.45) is 2.32. The first-order valence-corrected chi connectivity index (χ1v) is 10.1. The minimum absolute atomic E-state index is 0.0513. The number of hydrogen-bond donors (Lipinski definition) is 0. The van der Waals surface area contributed by atoms with Gasteiger partial charge in [0.25, 0.3) is 0 Å². The Hall–Kier alpha value is -1.72. The van der Waals surface area contributed by atoms with Crippen molar-refractivity contribution in [1.82, 2.24) is 9.88 Å². The van der Waals surface area contributed by atoms with Gasteiger partial charge in [0.15, 0.2) is 5.78 Å². The first kappa shape index (κ1) is 19.1. The number of aryl methyl sites for hydroxylation is 2. The van der Waals surface area contributed by atoms with Crippen molar-refractivity contribution in [2.45, 2.75) is 45.4 Å². The van der Waals surface area contributed by atoms with Gasteiger partial charge in [0.05, 0.1) is 15.7 Å². The van der Waals surface area contributed by atoms with E-state index in [9.17, 15) is 9.59 Å². The molecule has 2 aromatic rings. The number of hydrogen-bond acceptors (Lipinski definition) is 4. The van der Waals surface area contributed by atoms with Crippen LogP contribution in [0, 0.1) is 13.8 Å². The van der Waals surface area contributed by atoms with Gasteiger partial charge in [0.1, 0.15) is 0 Å². The second-order valence-electron chi connectivity index (χ2n) is 6.75. The molecule has 0 N–H and O–H groups in total. The quantitative estimate of drug-likeness (QED) is 0.690. The van der Waals surface area contributed by atoms with E-state index in [0.717, 1.165) is 31.6 Å². The maximum Gasteiger partial charge on any atom is 0.223 e. The molecule has 0 atom stereocenters. The average Bonchev–Trinajstić information content (AvgIpc) is 2.99. The Morgan fingerprint density at radius 1 is 1.19 bits per heavy atom. The van der Waals surface area contributed by atoms with Crippen molar-refractivity contribution in [3.63, 3.8) is 0 Å². The predicted octanol–water partition coefficient (Wildman–Crippen LogP) is 4.78. The Balaban J connectivity index is 1.49. The molecule has 1 aliphatic heterocycles. The molecule has 0 aliphatic carbocycles. The van der Waals surface area contributed by atoms with Crippen molar-refractivity contribution < 1.29 is 9.59 Å². The van der Waals surface area contributed by atoms with Crippen LogP contribution < -0.4 is 0 Å². The first-order valence-electron chi connectivity index (χ1n) is 8.95. The van der Waals surface area contributed by atoms with Crippen LogP contribution in [0.1, 0.15) is 57.5 Å². The fraction of sp³-hybridized carbons (Fsp3) is 0.450. The third kappa shape index (κ3) is 4.33. The zero-order valence-corrected chi connectivity index (χ0v) is 16.7. The Morgan fingerprint density at radius 3 is 2.50 bits per heavy atom. The third-order valence-corrected chi connectivity index (χ3v) is 6.55. The van der Waals surface area contributed by atoms with Gasteiger partial charge in [-0.15, -0.1) is 11.3 Å². The SMILES string of the molecule is Cc1nc(C2CCN(C(=O)CCC(=O)c3ccccc3Cl)CC2)sc1C. The van der Waals surface area contributed by atoms with E-state index < -0.39 is 0 Å². The molecule has 1 amide bonds. The van der Waals surface area contributed by atoms with Crippen molar-refractivity contribution in [2.75, 3.05) is 13.1 Å². The molecule has 1 aliphatic rings. The highest BCUT2D eigenvalue weighted by atomic mass is 35.5. The lowest BCUT2D eigenvalue weighted by Crippen LogP contribution is -2.38. The topological polar surface area (TPSA) is 50.3 Å². The standard InChI is InChI=1S/C20H23ClN2O2S/c1-13-14(2)26-20(22-13)15-9-11-23(12-10-15)19(25)8-7-18(24)16-5-3-4-6-17(16)21/h3-6,15H,7-12H2,1-2H3. The van der Waals surface area contributed by atoms with Crippen LogP contribution in [0.2, 0.25) is 5.02 Å². The van der Waals surface area contributed by atoms with E-state index in [2.05, 4.69) is 11.9 Å². The predicted molar refractivity (Wildman–Crippen MR) is 105 cm³/mol. The van der Waals surface area contributed by atoms with Gasteiger partial charge in [-0.25, -0.2) is 4.98 Å². The molecule has 138 valence electrons. The van der Waals surface area contributed by atoms with Gasteiger partial charge in [-0.3, -0.25) is 9.59 Å². The highest BCUT2D eigenvalue weighted by Gasteiger charge is 2.26. The molecule has 4 nitrogen and oxygen atoms in total. The van der Waals surface area contributed by atoms with Crippen molar-refractivity contribution in [3.05, 3.63) is 50.4 Å². The van der Waals surface area contributed by atoms with Crippen molar-refractivity contribution in [3.8, 4) is 0 Å². The van der Waals surface area contributed by atoms with Gasteiger partial charge >= 0.3 is 0 Å². The molecule has 2 heterocycles. The van der Waals surface area contributed by atoms with Crippen LogP contribution in [0.3, 0.4) is 0 Å². The Labute approximate surface area is 163 Å². The largest absolute Gasteiger partial charge is 0.343 e. The van der Waals surface area contributed by atoms with Crippen LogP contribution in [0.4, 0.5) is 0 Å². The van der Waals surface area contributed by atoms with E-state index in [-0.39, 0.29) is 24.5 Å². The Bertz CT molecular complexity index is 790. The highest BCUT2D eigenvalue weighted by Crippen LogP contribution is 2.32. The molecule has 0 bridgehead atoms. The van der Waals surface area contributed by atoms with Crippen LogP contribution in [-0.4, -0.2) is 34.7 Å². The van der Waals surface area contributed by atoms with Crippen LogP contribution in [0.15, 0.2) is 24.3 Å². The third-order valence-electron chi connectivity index (χ3n) is 4.98. The van der Waals surface area contributed by atoms with Crippen molar-refractivity contribution in [2.24, 2.45) is 0 Å². The van der Waals surface area contributed by atoms with Gasteiger partial charge in [-0.1, -0.05) is 23.7 Å². The van der Waals surface area contributed by atoms with E-state index in [0.29, 0.717) is 16.5 Å². The summed E-state index contributed by atoms with van der Waals surface area (Å²) in [6, 6.07) is 6.98. The number of carbonyl (C=O) groups is 2. The number of thiazole rings is 1. The van der Waals surface area contributed by atoms with Crippen LogP contribution in [0.25, 0.3) is 0 Å². The molecular weight excluding hydrogens is 368 g/mol. The molecule has 0 spiro atoms. The lowest BCUT2D eigenvalue weighted by molar-refractivity contribution is -0.132. The molecular formula is C20H23ClN2O2S. The van der Waals surface area contributed by atoms with E-state index in [1.807, 2.05) is 11.8 Å². The minimum atomic E-state index is -0.0763. The van der Waals surface area contributed by atoms with Crippen LogP contribution in [0.5, 0.6) is 0 Å². The van der Waals surface area contributed by atoms with Gasteiger partial charge in [0, 0.05) is 42.3 Å². The minimum Gasteiger partial charge on any atom is -0.343 e. The smallest absolute Gasteiger partial charge is 0.223 e. The summed E-state index contributed by atoms with van der Waals surface area (Å²) in [4.78, 5) is 32.5. The Morgan fingerprint density at radius 2 is 1.88 bits per heavy atom. The molecule has 1 aromatic heterocycles. The normalized spacial score (nSPS) is 15.3. The number of halogens is 1. The molecule has 0 unspecified atom stereocenters. The van der Waals surface area contributed by atoms with E-state index in [1.54, 1.807) is 35.6 Å². The first-order chi connectivity index (χ1) is 12.5. The second-order valence-corrected chi connectivity index (χ2v) is 8.39. The molecule has 3 rings (SSSR count). The number of aromatic nitrogens is 1. The van der Waals surface area contributed by atoms with Crippen molar-refractivity contribution in [1.29, 1.82) is 0 Å². The fourth-order valence-corrected chi connectivity index (χ4v) is 4.58. The summed E-state index contributed by atoms with van der Waals surface area (Å²) < 4.78 is 0. The fourth-order valence-electron chi connectivity index (χ4n) is 3.25. The number of likely N-dealkylation sites (tertiary alicyclic amines) is 1. The molecule has 0 saturated carbocycles. The number of carbonyl (C=O) groups excluding carboxylic acids is 2. The lowest BCUT2D eigenvalue weighted by atomic mass is 9.97. The summed E-state index contributed by atoms with van der Waals surface area (Å²) in [5, 5.41) is 1.64. The summed E-state index contributed by atoms with van der Waals surface area (Å²) >= 11 is 7.82. The zero-order chi connectivity index (χ0) is 18.7. The number of ketones is 1.